The molecule has 1 aromatic carbocycles. The third kappa shape index (κ3) is 2.14. The van der Waals surface area contributed by atoms with Gasteiger partial charge in [0.05, 0.1) is 24.3 Å². The molecule has 0 amide bonds. The quantitative estimate of drug-likeness (QED) is 0.846. The van der Waals surface area contributed by atoms with Gasteiger partial charge in [-0.05, 0) is 12.1 Å². The van der Waals surface area contributed by atoms with E-state index in [1.54, 1.807) is 0 Å². The molecule has 2 rings (SSSR count). The number of imidazole rings is 1. The van der Waals surface area contributed by atoms with Crippen LogP contribution in [-0.2, 0) is 7.05 Å². The van der Waals surface area contributed by atoms with Crippen LogP contribution in [0.1, 0.15) is 24.2 Å². The Balaban J connectivity index is 2.35. The molecule has 1 heterocycles. The van der Waals surface area contributed by atoms with Crippen LogP contribution in [0.5, 0.6) is 0 Å². The maximum absolute atomic E-state index is 4.17. The summed E-state index contributed by atoms with van der Waals surface area (Å²) >= 11 is 0. The van der Waals surface area contributed by atoms with E-state index in [9.17, 15) is 0 Å². The van der Waals surface area contributed by atoms with Crippen molar-refractivity contribution in [1.82, 2.24) is 14.9 Å². The van der Waals surface area contributed by atoms with Gasteiger partial charge in [0.1, 0.15) is 0 Å². The van der Waals surface area contributed by atoms with E-state index in [1.165, 1.54) is 11.3 Å². The summed E-state index contributed by atoms with van der Waals surface area (Å²) in [5, 5.41) is 3.48. The average molecular weight is 215 g/mol. The molecular formula is C13H17N3. The van der Waals surface area contributed by atoms with Gasteiger partial charge in [-0.25, -0.2) is 4.98 Å². The van der Waals surface area contributed by atoms with Crippen molar-refractivity contribution in [3.8, 4) is 0 Å². The molecule has 0 aliphatic heterocycles. The Hall–Kier alpha value is -1.61. The van der Waals surface area contributed by atoms with Crippen LogP contribution >= 0.6 is 0 Å². The van der Waals surface area contributed by atoms with E-state index in [0.717, 1.165) is 6.54 Å². The summed E-state index contributed by atoms with van der Waals surface area (Å²) in [6.07, 6.45) is 3.75. The SMILES string of the molecule is CCNC(c1ccccc1)c1cncn1C. The van der Waals surface area contributed by atoms with E-state index in [2.05, 4.69) is 46.1 Å². The maximum atomic E-state index is 4.17. The number of rotatable bonds is 4. The fraction of sp³-hybridized carbons (Fsp3) is 0.308. The van der Waals surface area contributed by atoms with E-state index in [4.69, 9.17) is 0 Å². The van der Waals surface area contributed by atoms with Gasteiger partial charge in [0.15, 0.2) is 0 Å². The Morgan fingerprint density at radius 2 is 2.06 bits per heavy atom. The molecule has 1 atom stereocenters. The Bertz CT molecular complexity index is 433. The van der Waals surface area contributed by atoms with Crippen molar-refractivity contribution < 1.29 is 0 Å². The molecular weight excluding hydrogens is 198 g/mol. The van der Waals surface area contributed by atoms with Crippen molar-refractivity contribution >= 4 is 0 Å². The first kappa shape index (κ1) is 10.9. The first-order valence-corrected chi connectivity index (χ1v) is 5.57. The molecule has 84 valence electrons. The summed E-state index contributed by atoms with van der Waals surface area (Å²) in [7, 11) is 2.02. The van der Waals surface area contributed by atoms with Crippen molar-refractivity contribution in [2.24, 2.45) is 7.05 Å². The van der Waals surface area contributed by atoms with Gasteiger partial charge in [0.25, 0.3) is 0 Å². The molecule has 0 fully saturated rings. The van der Waals surface area contributed by atoms with Crippen LogP contribution in [0.4, 0.5) is 0 Å². The molecule has 2 aromatic rings. The minimum Gasteiger partial charge on any atom is -0.336 e. The first-order valence-electron chi connectivity index (χ1n) is 5.57. The fourth-order valence-corrected chi connectivity index (χ4v) is 1.89. The van der Waals surface area contributed by atoms with Crippen LogP contribution < -0.4 is 5.32 Å². The molecule has 1 N–H and O–H groups in total. The zero-order valence-corrected chi connectivity index (χ0v) is 9.72. The summed E-state index contributed by atoms with van der Waals surface area (Å²) in [6, 6.07) is 10.7. The Labute approximate surface area is 96.1 Å². The van der Waals surface area contributed by atoms with Crippen LogP contribution in [0.3, 0.4) is 0 Å². The number of hydrogen-bond acceptors (Lipinski definition) is 2. The maximum Gasteiger partial charge on any atom is 0.0946 e. The highest BCUT2D eigenvalue weighted by Crippen LogP contribution is 2.20. The molecule has 0 aliphatic carbocycles. The molecule has 0 spiro atoms. The highest BCUT2D eigenvalue weighted by molar-refractivity contribution is 5.26. The molecule has 0 saturated carbocycles. The van der Waals surface area contributed by atoms with E-state index < -0.39 is 0 Å². The van der Waals surface area contributed by atoms with Crippen molar-refractivity contribution in [1.29, 1.82) is 0 Å². The topological polar surface area (TPSA) is 29.9 Å². The second-order valence-corrected chi connectivity index (χ2v) is 3.83. The highest BCUT2D eigenvalue weighted by Gasteiger charge is 2.15. The minimum atomic E-state index is 0.221. The molecule has 0 radical (unpaired) electrons. The molecule has 0 saturated heterocycles. The van der Waals surface area contributed by atoms with Gasteiger partial charge in [-0.1, -0.05) is 37.3 Å². The largest absolute Gasteiger partial charge is 0.336 e. The number of aryl methyl sites for hydroxylation is 1. The van der Waals surface area contributed by atoms with Gasteiger partial charge in [0, 0.05) is 7.05 Å². The van der Waals surface area contributed by atoms with Gasteiger partial charge in [-0.2, -0.15) is 0 Å². The summed E-state index contributed by atoms with van der Waals surface area (Å²) in [5.74, 6) is 0. The molecule has 3 nitrogen and oxygen atoms in total. The zero-order valence-electron chi connectivity index (χ0n) is 9.72. The molecule has 0 aliphatic rings. The Morgan fingerprint density at radius 1 is 1.31 bits per heavy atom. The van der Waals surface area contributed by atoms with Crippen molar-refractivity contribution in [3.63, 3.8) is 0 Å². The lowest BCUT2D eigenvalue weighted by atomic mass is 10.0. The number of benzene rings is 1. The van der Waals surface area contributed by atoms with E-state index in [-0.39, 0.29) is 6.04 Å². The third-order valence-electron chi connectivity index (χ3n) is 2.69. The molecule has 1 aromatic heterocycles. The number of nitrogens with zero attached hydrogens (tertiary/aromatic N) is 2. The second kappa shape index (κ2) is 4.94. The number of hydrogen-bond donors (Lipinski definition) is 1. The van der Waals surface area contributed by atoms with Crippen molar-refractivity contribution in [2.75, 3.05) is 6.54 Å². The van der Waals surface area contributed by atoms with E-state index >= 15 is 0 Å². The summed E-state index contributed by atoms with van der Waals surface area (Å²) < 4.78 is 2.06. The summed E-state index contributed by atoms with van der Waals surface area (Å²) in [5.41, 5.74) is 2.46. The highest BCUT2D eigenvalue weighted by atomic mass is 15.1. The van der Waals surface area contributed by atoms with Crippen LogP contribution in [-0.4, -0.2) is 16.1 Å². The van der Waals surface area contributed by atoms with Crippen LogP contribution in [0, 0.1) is 0 Å². The lowest BCUT2D eigenvalue weighted by molar-refractivity contribution is 0.593. The average Bonchev–Trinajstić information content (AvgIpc) is 2.73. The Kier molecular flexibility index (Phi) is 3.37. The summed E-state index contributed by atoms with van der Waals surface area (Å²) in [4.78, 5) is 4.17. The molecule has 0 bridgehead atoms. The van der Waals surface area contributed by atoms with Crippen LogP contribution in [0.2, 0.25) is 0 Å². The summed E-state index contributed by atoms with van der Waals surface area (Å²) in [6.45, 7) is 3.05. The van der Waals surface area contributed by atoms with Gasteiger partial charge >= 0.3 is 0 Å². The molecule has 1 unspecified atom stereocenters. The lowest BCUT2D eigenvalue weighted by Gasteiger charge is -2.18. The van der Waals surface area contributed by atoms with Gasteiger partial charge < -0.3 is 9.88 Å². The van der Waals surface area contributed by atoms with Gasteiger partial charge in [-0.15, -0.1) is 0 Å². The lowest BCUT2D eigenvalue weighted by Crippen LogP contribution is -2.23. The zero-order chi connectivity index (χ0) is 11.4. The van der Waals surface area contributed by atoms with Gasteiger partial charge in [0.2, 0.25) is 0 Å². The van der Waals surface area contributed by atoms with Crippen molar-refractivity contribution in [3.05, 3.63) is 54.1 Å². The number of aromatic nitrogens is 2. The van der Waals surface area contributed by atoms with E-state index in [1.807, 2.05) is 25.6 Å². The fourth-order valence-electron chi connectivity index (χ4n) is 1.89. The molecule has 16 heavy (non-hydrogen) atoms. The first-order chi connectivity index (χ1) is 7.83. The molecule has 3 heteroatoms. The van der Waals surface area contributed by atoms with E-state index in [0.29, 0.717) is 0 Å². The van der Waals surface area contributed by atoms with Gasteiger partial charge in [-0.3, -0.25) is 0 Å². The second-order valence-electron chi connectivity index (χ2n) is 3.83. The smallest absolute Gasteiger partial charge is 0.0946 e. The normalized spacial score (nSPS) is 12.6. The predicted molar refractivity (Wildman–Crippen MR) is 65.2 cm³/mol. The van der Waals surface area contributed by atoms with Crippen LogP contribution in [0.25, 0.3) is 0 Å². The number of nitrogens with one attached hydrogen (secondary N) is 1. The van der Waals surface area contributed by atoms with Crippen LogP contribution in [0.15, 0.2) is 42.9 Å². The van der Waals surface area contributed by atoms with Crippen molar-refractivity contribution in [2.45, 2.75) is 13.0 Å². The monoisotopic (exact) mass is 215 g/mol. The Morgan fingerprint density at radius 3 is 2.62 bits per heavy atom. The third-order valence-corrected chi connectivity index (χ3v) is 2.69. The minimum absolute atomic E-state index is 0.221. The standard InChI is InChI=1S/C13H17N3/c1-3-15-13(11-7-5-4-6-8-11)12-9-14-10-16(12)2/h4-10,13,15H,3H2,1-2H3. The predicted octanol–water partition coefficient (Wildman–Crippen LogP) is 2.12.